The van der Waals surface area contributed by atoms with Crippen molar-refractivity contribution in [2.24, 2.45) is 5.92 Å². The lowest BCUT2D eigenvalue weighted by Gasteiger charge is -2.23. The van der Waals surface area contributed by atoms with Crippen LogP contribution in [0.2, 0.25) is 0 Å². The number of benzene rings is 1. The summed E-state index contributed by atoms with van der Waals surface area (Å²) >= 11 is 0. The zero-order valence-electron chi connectivity index (χ0n) is 14.4. The predicted molar refractivity (Wildman–Crippen MR) is 92.1 cm³/mol. The van der Waals surface area contributed by atoms with Crippen molar-refractivity contribution in [1.29, 1.82) is 0 Å². The molecule has 2 saturated heterocycles. The highest BCUT2D eigenvalue weighted by Crippen LogP contribution is 2.40. The van der Waals surface area contributed by atoms with Gasteiger partial charge in [0.05, 0.1) is 16.5 Å². The zero-order valence-corrected chi connectivity index (χ0v) is 15.2. The molecular formula is C17H16F3N3O4S. The van der Waals surface area contributed by atoms with Gasteiger partial charge in [-0.25, -0.2) is 13.2 Å². The second-order valence-corrected chi connectivity index (χ2v) is 8.86. The Kier molecular flexibility index (Phi) is 4.27. The van der Waals surface area contributed by atoms with Crippen molar-refractivity contribution >= 4 is 26.9 Å². The second kappa shape index (κ2) is 6.31. The van der Waals surface area contributed by atoms with E-state index in [2.05, 4.69) is 4.98 Å². The number of alkyl halides is 3. The molecule has 150 valence electrons. The molecule has 0 radical (unpaired) electrons. The molecule has 0 saturated carbocycles. The summed E-state index contributed by atoms with van der Waals surface area (Å²) in [5.74, 6) is -0.162. The Morgan fingerprint density at radius 2 is 1.96 bits per heavy atom. The fraction of sp³-hybridized carbons (Fsp3) is 0.412. The number of likely N-dealkylation sites (tertiary alicyclic amines) is 1. The van der Waals surface area contributed by atoms with Gasteiger partial charge in [0.2, 0.25) is 10.0 Å². The van der Waals surface area contributed by atoms with Gasteiger partial charge in [-0.15, -0.1) is 0 Å². The first-order chi connectivity index (χ1) is 13.1. The summed E-state index contributed by atoms with van der Waals surface area (Å²) in [4.78, 5) is 15.7. The molecule has 0 aliphatic carbocycles. The van der Waals surface area contributed by atoms with Crippen LogP contribution < -0.4 is 0 Å². The van der Waals surface area contributed by atoms with Crippen molar-refractivity contribution in [2.45, 2.75) is 23.5 Å². The smallest absolute Gasteiger partial charge is 0.418 e. The fourth-order valence-electron chi connectivity index (χ4n) is 4.13. The van der Waals surface area contributed by atoms with Crippen LogP contribution in [0.1, 0.15) is 12.0 Å². The summed E-state index contributed by atoms with van der Waals surface area (Å²) in [6.45, 7) is 0.346. The Morgan fingerprint density at radius 1 is 1.21 bits per heavy atom. The Morgan fingerprint density at radius 3 is 2.64 bits per heavy atom. The molecule has 1 aromatic carbocycles. The van der Waals surface area contributed by atoms with E-state index in [4.69, 9.17) is 0 Å². The number of rotatable bonds is 2. The average molecular weight is 415 g/mol. The lowest BCUT2D eigenvalue weighted by Crippen LogP contribution is -2.40. The molecule has 2 aliphatic rings. The van der Waals surface area contributed by atoms with Crippen LogP contribution >= 0.6 is 0 Å². The number of carbonyl (C=O) groups is 1. The molecule has 2 unspecified atom stereocenters. The van der Waals surface area contributed by atoms with Crippen LogP contribution in [0.4, 0.5) is 18.0 Å². The maximum Gasteiger partial charge on any atom is 0.418 e. The largest absolute Gasteiger partial charge is 0.465 e. The Balaban J connectivity index is 1.79. The normalized spacial score (nSPS) is 23.3. The van der Waals surface area contributed by atoms with E-state index in [1.807, 2.05) is 0 Å². The molecule has 2 aliphatic heterocycles. The lowest BCUT2D eigenvalue weighted by molar-refractivity contribution is -0.136. The third-order valence-electron chi connectivity index (χ3n) is 5.43. The van der Waals surface area contributed by atoms with Crippen LogP contribution in [0.3, 0.4) is 0 Å². The van der Waals surface area contributed by atoms with Gasteiger partial charge in [-0.2, -0.15) is 17.5 Å². The van der Waals surface area contributed by atoms with Crippen LogP contribution in [0.25, 0.3) is 10.8 Å². The van der Waals surface area contributed by atoms with E-state index in [0.29, 0.717) is 19.2 Å². The Bertz CT molecular complexity index is 1050. The van der Waals surface area contributed by atoms with Gasteiger partial charge >= 0.3 is 12.3 Å². The highest BCUT2D eigenvalue weighted by Gasteiger charge is 2.47. The topological polar surface area (TPSA) is 90.8 Å². The average Bonchev–Trinajstić information content (AvgIpc) is 3.20. The van der Waals surface area contributed by atoms with Crippen molar-refractivity contribution in [1.82, 2.24) is 14.2 Å². The summed E-state index contributed by atoms with van der Waals surface area (Å²) in [5.41, 5.74) is -1.12. The number of hydrogen-bond donors (Lipinski definition) is 1. The van der Waals surface area contributed by atoms with E-state index in [1.165, 1.54) is 23.2 Å². The van der Waals surface area contributed by atoms with Gasteiger partial charge in [-0.05, 0) is 18.4 Å². The van der Waals surface area contributed by atoms with Crippen LogP contribution in [0.5, 0.6) is 0 Å². The van der Waals surface area contributed by atoms with Crippen LogP contribution in [-0.4, -0.2) is 59.5 Å². The monoisotopic (exact) mass is 415 g/mol. The molecular weight excluding hydrogens is 399 g/mol. The second-order valence-electron chi connectivity index (χ2n) is 6.95. The molecule has 4 rings (SSSR count). The minimum Gasteiger partial charge on any atom is -0.465 e. The van der Waals surface area contributed by atoms with Gasteiger partial charge in [-0.3, -0.25) is 4.98 Å². The first kappa shape index (κ1) is 18.9. The molecule has 2 fully saturated rings. The number of hydrogen-bond acceptors (Lipinski definition) is 4. The van der Waals surface area contributed by atoms with E-state index < -0.39 is 44.2 Å². The van der Waals surface area contributed by atoms with Crippen molar-refractivity contribution in [2.75, 3.05) is 19.6 Å². The van der Waals surface area contributed by atoms with Gasteiger partial charge in [0.1, 0.15) is 0 Å². The number of halogens is 3. The molecule has 1 aromatic heterocycles. The number of fused-ring (bicyclic) bond motifs is 2. The quantitative estimate of drug-likeness (QED) is 0.814. The summed E-state index contributed by atoms with van der Waals surface area (Å²) in [5, 5.41) is 8.91. The molecule has 2 atom stereocenters. The molecule has 11 heteroatoms. The number of nitrogens with zero attached hydrogens (tertiary/aromatic N) is 3. The zero-order chi connectivity index (χ0) is 20.3. The summed E-state index contributed by atoms with van der Waals surface area (Å²) in [7, 11) is -4.25. The van der Waals surface area contributed by atoms with Gasteiger partial charge < -0.3 is 10.0 Å². The van der Waals surface area contributed by atoms with Gasteiger partial charge in [0.25, 0.3) is 0 Å². The first-order valence-electron chi connectivity index (χ1n) is 8.54. The highest BCUT2D eigenvalue weighted by atomic mass is 32.2. The highest BCUT2D eigenvalue weighted by molar-refractivity contribution is 7.89. The van der Waals surface area contributed by atoms with E-state index in [-0.39, 0.29) is 24.4 Å². The number of aromatic nitrogens is 1. The van der Waals surface area contributed by atoms with Gasteiger partial charge in [-0.1, -0.05) is 12.1 Å². The first-order valence-corrected chi connectivity index (χ1v) is 9.98. The maximum atomic E-state index is 13.5. The van der Waals surface area contributed by atoms with E-state index in [0.717, 1.165) is 10.4 Å². The van der Waals surface area contributed by atoms with Crippen molar-refractivity contribution in [3.05, 3.63) is 36.2 Å². The minimum absolute atomic E-state index is 0.0673. The van der Waals surface area contributed by atoms with E-state index >= 15 is 0 Å². The van der Waals surface area contributed by atoms with Crippen molar-refractivity contribution in [3.63, 3.8) is 0 Å². The van der Waals surface area contributed by atoms with E-state index in [9.17, 15) is 31.5 Å². The van der Waals surface area contributed by atoms with Crippen LogP contribution in [-0.2, 0) is 16.2 Å². The molecule has 3 heterocycles. The molecule has 1 amide bonds. The molecule has 2 aromatic rings. The van der Waals surface area contributed by atoms with E-state index in [1.54, 1.807) is 0 Å². The molecule has 7 nitrogen and oxygen atoms in total. The Hall–Kier alpha value is -2.40. The van der Waals surface area contributed by atoms with Gasteiger partial charge in [0, 0.05) is 42.8 Å². The number of amides is 1. The molecule has 28 heavy (non-hydrogen) atoms. The van der Waals surface area contributed by atoms with Gasteiger partial charge in [0.15, 0.2) is 0 Å². The summed E-state index contributed by atoms with van der Waals surface area (Å²) in [6.07, 6.45) is -3.56. The Labute approximate surface area is 158 Å². The SMILES string of the molecule is O=C(O)N1CCC2CN(S(=O)(=O)c3cccc4cncc(C(F)(F)F)c34)CC21. The summed E-state index contributed by atoms with van der Waals surface area (Å²) < 4.78 is 67.9. The summed E-state index contributed by atoms with van der Waals surface area (Å²) in [6, 6.07) is 3.42. The number of sulfonamides is 1. The standard InChI is InChI=1S/C17H16F3N3O4S/c18-17(19,20)12-7-21-6-10-2-1-3-14(15(10)12)28(26,27)22-8-11-4-5-23(16(24)25)13(11)9-22/h1-3,6-7,11,13H,4-5,8-9H2,(H,24,25). The molecule has 1 N–H and O–H groups in total. The number of carboxylic acid groups (broad SMARTS) is 1. The third-order valence-corrected chi connectivity index (χ3v) is 7.30. The maximum absolute atomic E-state index is 13.5. The number of pyridine rings is 1. The fourth-order valence-corrected chi connectivity index (χ4v) is 5.88. The van der Waals surface area contributed by atoms with Crippen LogP contribution in [0, 0.1) is 5.92 Å². The molecule has 0 bridgehead atoms. The lowest BCUT2D eigenvalue weighted by atomic mass is 10.1. The predicted octanol–water partition coefficient (Wildman–Crippen LogP) is 2.63. The van der Waals surface area contributed by atoms with Crippen molar-refractivity contribution < 1.29 is 31.5 Å². The minimum atomic E-state index is -4.76. The van der Waals surface area contributed by atoms with Crippen molar-refractivity contribution in [3.8, 4) is 0 Å². The van der Waals surface area contributed by atoms with Crippen LogP contribution in [0.15, 0.2) is 35.5 Å². The molecule has 0 spiro atoms. The third kappa shape index (κ3) is 2.89.